The van der Waals surface area contributed by atoms with E-state index in [1.54, 1.807) is 37.3 Å². The van der Waals surface area contributed by atoms with E-state index in [1.807, 2.05) is 0 Å². The third-order valence-electron chi connectivity index (χ3n) is 4.62. The first-order chi connectivity index (χ1) is 12.5. The summed E-state index contributed by atoms with van der Waals surface area (Å²) in [5.41, 5.74) is 0.896. The summed E-state index contributed by atoms with van der Waals surface area (Å²) >= 11 is 0. The van der Waals surface area contributed by atoms with Gasteiger partial charge in [0.25, 0.3) is 5.91 Å². The molecule has 1 aromatic heterocycles. The van der Waals surface area contributed by atoms with Crippen LogP contribution in [0.25, 0.3) is 0 Å². The van der Waals surface area contributed by atoms with Gasteiger partial charge in [-0.25, -0.2) is 4.79 Å². The predicted molar refractivity (Wildman–Crippen MR) is 106 cm³/mol. The standard InChI is InChI=1S/C20H22N2O4.ClH/c1-12-9-17(15-6-4-8-21-11-15)26-20(25)18(12)19(24)22-16-7-3-5-14(10-16)13(2)23;/h3,5,7,9-10,15,21H,4,6,8,11H2,1-2H3,(H,22,24);1H. The van der Waals surface area contributed by atoms with Gasteiger partial charge in [0.2, 0.25) is 0 Å². The molecular weight excluding hydrogens is 368 g/mol. The van der Waals surface area contributed by atoms with Crippen LogP contribution in [0, 0.1) is 6.92 Å². The van der Waals surface area contributed by atoms with Crippen LogP contribution in [0.4, 0.5) is 5.69 Å². The molecule has 2 heterocycles. The molecule has 0 aliphatic carbocycles. The number of piperidine rings is 1. The Morgan fingerprint density at radius 2 is 2.04 bits per heavy atom. The lowest BCUT2D eigenvalue weighted by Gasteiger charge is -2.22. The molecule has 1 saturated heterocycles. The first-order valence-electron chi connectivity index (χ1n) is 8.73. The molecule has 0 saturated carbocycles. The second-order valence-corrected chi connectivity index (χ2v) is 6.63. The van der Waals surface area contributed by atoms with Crippen molar-refractivity contribution < 1.29 is 14.0 Å². The number of aryl methyl sites for hydroxylation is 1. The van der Waals surface area contributed by atoms with Crippen LogP contribution in [-0.2, 0) is 0 Å². The maximum absolute atomic E-state index is 12.6. The average Bonchev–Trinajstić information content (AvgIpc) is 2.62. The largest absolute Gasteiger partial charge is 0.427 e. The molecule has 1 aromatic carbocycles. The van der Waals surface area contributed by atoms with Crippen molar-refractivity contribution in [3.8, 4) is 0 Å². The smallest absolute Gasteiger partial charge is 0.349 e. The van der Waals surface area contributed by atoms with Crippen LogP contribution in [0.3, 0.4) is 0 Å². The van der Waals surface area contributed by atoms with Crippen LogP contribution in [0.2, 0.25) is 0 Å². The molecular formula is C20H23ClN2O4. The monoisotopic (exact) mass is 390 g/mol. The van der Waals surface area contributed by atoms with Gasteiger partial charge in [0, 0.05) is 23.7 Å². The van der Waals surface area contributed by atoms with Crippen molar-refractivity contribution in [2.45, 2.75) is 32.6 Å². The number of rotatable bonds is 4. The Balaban J connectivity index is 0.00000261. The Morgan fingerprint density at radius 3 is 2.67 bits per heavy atom. The molecule has 1 fully saturated rings. The molecule has 1 atom stereocenters. The molecule has 1 aliphatic rings. The van der Waals surface area contributed by atoms with Crippen molar-refractivity contribution in [2.75, 3.05) is 18.4 Å². The Hall–Kier alpha value is -2.44. The number of halogens is 1. The van der Waals surface area contributed by atoms with E-state index < -0.39 is 11.5 Å². The summed E-state index contributed by atoms with van der Waals surface area (Å²) in [6.45, 7) is 4.93. The molecule has 1 unspecified atom stereocenters. The zero-order valence-corrected chi connectivity index (χ0v) is 16.2. The van der Waals surface area contributed by atoms with Gasteiger partial charge in [-0.1, -0.05) is 12.1 Å². The van der Waals surface area contributed by atoms with Gasteiger partial charge < -0.3 is 15.1 Å². The summed E-state index contributed by atoms with van der Waals surface area (Å²) < 4.78 is 5.44. The first kappa shape index (κ1) is 20.9. The van der Waals surface area contributed by atoms with Gasteiger partial charge in [-0.2, -0.15) is 0 Å². The van der Waals surface area contributed by atoms with Crippen molar-refractivity contribution in [3.05, 3.63) is 63.2 Å². The number of nitrogens with one attached hydrogen (secondary N) is 2. The maximum Gasteiger partial charge on any atom is 0.349 e. The molecule has 27 heavy (non-hydrogen) atoms. The van der Waals surface area contributed by atoms with Crippen molar-refractivity contribution >= 4 is 29.8 Å². The molecule has 0 radical (unpaired) electrons. The second kappa shape index (κ2) is 8.97. The Kier molecular flexibility index (Phi) is 6.93. The lowest BCUT2D eigenvalue weighted by atomic mass is 9.95. The van der Waals surface area contributed by atoms with E-state index in [0.717, 1.165) is 25.9 Å². The molecule has 2 N–H and O–H groups in total. The molecule has 7 heteroatoms. The molecule has 0 bridgehead atoms. The predicted octanol–water partition coefficient (Wildman–Crippen LogP) is 3.29. The number of carbonyl (C=O) groups excluding carboxylic acids is 2. The molecule has 1 aliphatic heterocycles. The van der Waals surface area contributed by atoms with E-state index in [1.165, 1.54) is 6.92 Å². The lowest BCUT2D eigenvalue weighted by molar-refractivity contribution is 0.100. The fourth-order valence-corrected chi connectivity index (χ4v) is 3.21. The van der Waals surface area contributed by atoms with E-state index in [9.17, 15) is 14.4 Å². The number of benzene rings is 1. The van der Waals surface area contributed by atoms with Crippen molar-refractivity contribution in [1.29, 1.82) is 0 Å². The average molecular weight is 391 g/mol. The van der Waals surface area contributed by atoms with E-state index >= 15 is 0 Å². The lowest BCUT2D eigenvalue weighted by Crippen LogP contribution is -2.30. The summed E-state index contributed by atoms with van der Waals surface area (Å²) in [5.74, 6) is 0.141. The van der Waals surface area contributed by atoms with Crippen molar-refractivity contribution in [2.24, 2.45) is 0 Å². The topological polar surface area (TPSA) is 88.4 Å². The Bertz CT molecular complexity index is 901. The molecule has 1 amide bonds. The first-order valence-corrected chi connectivity index (χ1v) is 8.73. The Morgan fingerprint density at radius 1 is 1.26 bits per heavy atom. The van der Waals surface area contributed by atoms with E-state index in [4.69, 9.17) is 4.42 Å². The number of ketones is 1. The SMILES string of the molecule is CC(=O)c1cccc(NC(=O)c2c(C)cc(C3CCCNC3)oc2=O)c1.Cl. The number of carbonyl (C=O) groups is 2. The molecule has 6 nitrogen and oxygen atoms in total. The van der Waals surface area contributed by atoms with Gasteiger partial charge in [-0.3, -0.25) is 9.59 Å². The van der Waals surface area contributed by atoms with Gasteiger partial charge in [0.1, 0.15) is 11.3 Å². The molecule has 3 rings (SSSR count). The quantitative estimate of drug-likeness (QED) is 0.782. The number of amides is 1. The zero-order chi connectivity index (χ0) is 18.7. The van der Waals surface area contributed by atoms with Crippen LogP contribution < -0.4 is 16.3 Å². The fourth-order valence-electron chi connectivity index (χ4n) is 3.21. The number of hydrogen-bond acceptors (Lipinski definition) is 5. The maximum atomic E-state index is 12.6. The van der Waals surface area contributed by atoms with Gasteiger partial charge in [0.05, 0.1) is 0 Å². The highest BCUT2D eigenvalue weighted by Gasteiger charge is 2.22. The van der Waals surface area contributed by atoms with E-state index in [0.29, 0.717) is 22.6 Å². The number of anilines is 1. The minimum atomic E-state index is -0.634. The number of hydrogen-bond donors (Lipinski definition) is 2. The highest BCUT2D eigenvalue weighted by molar-refractivity contribution is 6.05. The van der Waals surface area contributed by atoms with Gasteiger partial charge in [-0.15, -0.1) is 12.4 Å². The highest BCUT2D eigenvalue weighted by atomic mass is 35.5. The van der Waals surface area contributed by atoms with Crippen LogP contribution in [0.15, 0.2) is 39.5 Å². The number of Topliss-reactive ketones (excluding diaryl/α,β-unsaturated/α-hetero) is 1. The summed E-state index contributed by atoms with van der Waals surface area (Å²) in [6.07, 6.45) is 1.99. The summed E-state index contributed by atoms with van der Waals surface area (Å²) in [4.78, 5) is 36.4. The second-order valence-electron chi connectivity index (χ2n) is 6.63. The Labute approximate surface area is 163 Å². The van der Waals surface area contributed by atoms with E-state index in [2.05, 4.69) is 10.6 Å². The highest BCUT2D eigenvalue weighted by Crippen LogP contribution is 2.24. The van der Waals surface area contributed by atoms with Crippen LogP contribution in [0.5, 0.6) is 0 Å². The fraction of sp³-hybridized carbons (Fsp3) is 0.350. The minimum absolute atomic E-state index is 0. The minimum Gasteiger partial charge on any atom is -0.427 e. The van der Waals surface area contributed by atoms with Gasteiger partial charge >= 0.3 is 5.63 Å². The summed E-state index contributed by atoms with van der Waals surface area (Å²) in [5, 5.41) is 5.96. The van der Waals surface area contributed by atoms with E-state index in [-0.39, 0.29) is 29.7 Å². The van der Waals surface area contributed by atoms with Crippen molar-refractivity contribution in [3.63, 3.8) is 0 Å². The van der Waals surface area contributed by atoms with Crippen molar-refractivity contribution in [1.82, 2.24) is 5.32 Å². The third kappa shape index (κ3) is 4.84. The molecule has 0 spiro atoms. The third-order valence-corrected chi connectivity index (χ3v) is 4.62. The molecule has 2 aromatic rings. The van der Waals surface area contributed by atoms with Crippen LogP contribution in [0.1, 0.15) is 57.7 Å². The van der Waals surface area contributed by atoms with Crippen LogP contribution >= 0.6 is 12.4 Å². The van der Waals surface area contributed by atoms with Gasteiger partial charge in [0.15, 0.2) is 5.78 Å². The van der Waals surface area contributed by atoms with Crippen LogP contribution in [-0.4, -0.2) is 24.8 Å². The molecule has 144 valence electrons. The zero-order valence-electron chi connectivity index (χ0n) is 15.3. The summed E-state index contributed by atoms with van der Waals surface area (Å²) in [7, 11) is 0. The normalized spacial score (nSPS) is 16.3. The summed E-state index contributed by atoms with van der Waals surface area (Å²) in [6, 6.07) is 8.38. The van der Waals surface area contributed by atoms with Gasteiger partial charge in [-0.05, 0) is 57.0 Å².